The van der Waals surface area contributed by atoms with E-state index in [0.29, 0.717) is 23.6 Å². The van der Waals surface area contributed by atoms with Crippen molar-refractivity contribution < 1.29 is 10.0 Å². The summed E-state index contributed by atoms with van der Waals surface area (Å²) in [5, 5.41) is 23.1. The van der Waals surface area contributed by atoms with Crippen LogP contribution in [0.3, 0.4) is 0 Å². The van der Waals surface area contributed by atoms with E-state index in [4.69, 9.17) is 11.1 Å². The Morgan fingerprint density at radius 2 is 1.96 bits per heavy atom. The first kappa shape index (κ1) is 19.0. The number of carbonyl (C=O) groups is 1. The lowest BCUT2D eigenvalue weighted by atomic mass is 10.1. The van der Waals surface area contributed by atoms with Crippen LogP contribution in [0.25, 0.3) is 0 Å². The lowest BCUT2D eigenvalue weighted by molar-refractivity contribution is 0.170. The summed E-state index contributed by atoms with van der Waals surface area (Å²) in [6, 6.07) is 1.20. The van der Waals surface area contributed by atoms with Gasteiger partial charge in [0.1, 0.15) is 5.82 Å². The summed E-state index contributed by atoms with van der Waals surface area (Å²) in [7, 11) is 0. The Bertz CT molecular complexity index is 611. The number of anilines is 2. The minimum Gasteiger partial charge on any atom is -0.423 e. The molecule has 1 aromatic rings. The van der Waals surface area contributed by atoms with Gasteiger partial charge in [0.05, 0.1) is 0 Å². The molecule has 1 fully saturated rings. The van der Waals surface area contributed by atoms with Gasteiger partial charge in [0.2, 0.25) is 0 Å². The molecule has 0 aliphatic carbocycles. The van der Waals surface area contributed by atoms with Gasteiger partial charge in [-0.05, 0) is 38.6 Å². The zero-order valence-corrected chi connectivity index (χ0v) is 14.6. The van der Waals surface area contributed by atoms with Crippen LogP contribution in [0.5, 0.6) is 0 Å². The van der Waals surface area contributed by atoms with E-state index in [1.807, 2.05) is 0 Å². The third-order valence-corrected chi connectivity index (χ3v) is 4.25. The fraction of sp³-hybridized carbons (Fsp3) is 0.688. The van der Waals surface area contributed by atoms with Crippen LogP contribution in [-0.4, -0.2) is 47.1 Å². The monoisotopic (exact) mass is 351 g/mol. The average molecular weight is 351 g/mol. The molecule has 2 amide bonds. The number of rotatable bonds is 8. The molecule has 0 spiro atoms. The van der Waals surface area contributed by atoms with Crippen molar-refractivity contribution in [3.8, 4) is 0 Å². The standard InChI is InChI=1S/C16H29N7O2/c17-8-4-1-2-5-9-19-16(24)21-14-12-13(20-15(18)23(14)25)22-10-6-3-7-11-22/h12,18,25H,1-11,17H2,(H2,19,21,24). The van der Waals surface area contributed by atoms with Gasteiger partial charge in [0.25, 0.3) is 5.62 Å². The lowest BCUT2D eigenvalue weighted by Gasteiger charge is -2.28. The Labute approximate surface area is 147 Å². The molecule has 0 atom stereocenters. The molecule has 1 aliphatic heterocycles. The number of urea groups is 1. The topological polar surface area (TPSA) is 132 Å². The largest absolute Gasteiger partial charge is 0.423 e. The van der Waals surface area contributed by atoms with Gasteiger partial charge in [-0.25, -0.2) is 4.79 Å². The highest BCUT2D eigenvalue weighted by molar-refractivity contribution is 5.88. The number of carbonyl (C=O) groups excluding carboxylic acids is 1. The molecule has 2 heterocycles. The molecular weight excluding hydrogens is 322 g/mol. The van der Waals surface area contributed by atoms with Gasteiger partial charge in [-0.3, -0.25) is 10.7 Å². The van der Waals surface area contributed by atoms with Crippen LogP contribution >= 0.6 is 0 Å². The number of hydrogen-bond donors (Lipinski definition) is 5. The summed E-state index contributed by atoms with van der Waals surface area (Å²) in [4.78, 5) is 18.2. The van der Waals surface area contributed by atoms with Crippen molar-refractivity contribution in [2.75, 3.05) is 36.4 Å². The molecule has 1 saturated heterocycles. The van der Waals surface area contributed by atoms with Crippen LogP contribution in [0.4, 0.5) is 16.4 Å². The number of nitrogens with zero attached hydrogens (tertiary/aromatic N) is 3. The van der Waals surface area contributed by atoms with E-state index in [1.165, 1.54) is 6.42 Å². The molecule has 1 aliphatic rings. The van der Waals surface area contributed by atoms with E-state index in [2.05, 4.69) is 20.5 Å². The Morgan fingerprint density at radius 3 is 2.68 bits per heavy atom. The molecule has 140 valence electrons. The molecule has 2 rings (SSSR count). The van der Waals surface area contributed by atoms with Crippen molar-refractivity contribution in [1.82, 2.24) is 15.0 Å². The number of hydrogen-bond acceptors (Lipinski definition) is 6. The Morgan fingerprint density at radius 1 is 1.24 bits per heavy atom. The summed E-state index contributed by atoms with van der Waals surface area (Å²) in [5.74, 6) is 0.744. The van der Waals surface area contributed by atoms with E-state index in [0.717, 1.165) is 51.6 Å². The summed E-state index contributed by atoms with van der Waals surface area (Å²) < 4.78 is 0.578. The van der Waals surface area contributed by atoms with Gasteiger partial charge < -0.3 is 21.2 Å². The van der Waals surface area contributed by atoms with Crippen molar-refractivity contribution >= 4 is 17.7 Å². The number of nitrogens with two attached hydrogens (primary N) is 1. The van der Waals surface area contributed by atoms with Crippen LogP contribution in [0, 0.1) is 5.41 Å². The Kier molecular flexibility index (Phi) is 7.52. The molecule has 0 radical (unpaired) electrons. The van der Waals surface area contributed by atoms with Crippen LogP contribution < -0.4 is 26.9 Å². The predicted molar refractivity (Wildman–Crippen MR) is 95.9 cm³/mol. The van der Waals surface area contributed by atoms with Gasteiger partial charge in [0.15, 0.2) is 5.82 Å². The Balaban J connectivity index is 1.90. The minimum absolute atomic E-state index is 0.140. The molecule has 1 aromatic heterocycles. The van der Waals surface area contributed by atoms with Crippen molar-refractivity contribution in [2.45, 2.75) is 44.9 Å². The molecule has 25 heavy (non-hydrogen) atoms. The summed E-state index contributed by atoms with van der Waals surface area (Å²) in [6.45, 7) is 2.99. The number of piperidine rings is 1. The molecule has 9 heteroatoms. The zero-order chi connectivity index (χ0) is 18.1. The highest BCUT2D eigenvalue weighted by atomic mass is 16.5. The summed E-state index contributed by atoms with van der Waals surface area (Å²) in [5.41, 5.74) is 5.13. The molecule has 0 aromatic carbocycles. The Hall–Kier alpha value is -2.29. The van der Waals surface area contributed by atoms with Crippen LogP contribution in [-0.2, 0) is 0 Å². The number of aromatic nitrogens is 2. The van der Waals surface area contributed by atoms with Crippen molar-refractivity contribution in [2.24, 2.45) is 5.73 Å². The van der Waals surface area contributed by atoms with E-state index >= 15 is 0 Å². The van der Waals surface area contributed by atoms with E-state index < -0.39 is 6.03 Å². The molecule has 9 nitrogen and oxygen atoms in total. The number of nitrogens with one attached hydrogen (secondary N) is 3. The fourth-order valence-corrected chi connectivity index (χ4v) is 2.85. The molecule has 0 saturated carbocycles. The van der Waals surface area contributed by atoms with Gasteiger partial charge in [-0.2, -0.15) is 4.98 Å². The summed E-state index contributed by atoms with van der Waals surface area (Å²) >= 11 is 0. The van der Waals surface area contributed by atoms with Crippen LogP contribution in [0.15, 0.2) is 6.07 Å². The highest BCUT2D eigenvalue weighted by Crippen LogP contribution is 2.18. The maximum atomic E-state index is 12.0. The first-order valence-electron chi connectivity index (χ1n) is 8.99. The van der Waals surface area contributed by atoms with Gasteiger partial charge >= 0.3 is 6.03 Å². The van der Waals surface area contributed by atoms with Crippen molar-refractivity contribution in [1.29, 1.82) is 5.41 Å². The average Bonchev–Trinajstić information content (AvgIpc) is 2.62. The maximum Gasteiger partial charge on any atom is 0.320 e. The second-order valence-electron chi connectivity index (χ2n) is 6.27. The molecular formula is C16H29N7O2. The second kappa shape index (κ2) is 9.87. The van der Waals surface area contributed by atoms with Gasteiger partial charge in [-0.15, -0.1) is 4.73 Å². The first-order valence-corrected chi connectivity index (χ1v) is 8.99. The van der Waals surface area contributed by atoms with Crippen LogP contribution in [0.2, 0.25) is 0 Å². The van der Waals surface area contributed by atoms with Gasteiger partial charge in [0, 0.05) is 25.7 Å². The first-order chi connectivity index (χ1) is 12.1. The van der Waals surface area contributed by atoms with E-state index in [1.54, 1.807) is 6.07 Å². The maximum absolute atomic E-state index is 12.0. The molecule has 0 unspecified atom stereocenters. The zero-order valence-electron chi connectivity index (χ0n) is 14.6. The number of amides is 2. The second-order valence-corrected chi connectivity index (χ2v) is 6.27. The van der Waals surface area contributed by atoms with Crippen LogP contribution in [0.1, 0.15) is 44.9 Å². The predicted octanol–water partition coefficient (Wildman–Crippen LogP) is 1.23. The minimum atomic E-state index is -0.406. The highest BCUT2D eigenvalue weighted by Gasteiger charge is 2.16. The smallest absolute Gasteiger partial charge is 0.320 e. The van der Waals surface area contributed by atoms with Gasteiger partial charge in [-0.1, -0.05) is 12.8 Å². The SMILES string of the molecule is N=c1nc(N2CCCCC2)cc(NC(=O)NCCCCCCN)n1O. The lowest BCUT2D eigenvalue weighted by Crippen LogP contribution is -2.36. The molecule has 6 N–H and O–H groups in total. The quantitative estimate of drug-likeness (QED) is 0.355. The van der Waals surface area contributed by atoms with Crippen molar-refractivity contribution in [3.05, 3.63) is 11.7 Å². The van der Waals surface area contributed by atoms with E-state index in [9.17, 15) is 10.0 Å². The van der Waals surface area contributed by atoms with Crippen molar-refractivity contribution in [3.63, 3.8) is 0 Å². The normalized spacial score (nSPS) is 14.4. The molecule has 0 bridgehead atoms. The van der Waals surface area contributed by atoms with E-state index in [-0.39, 0.29) is 11.4 Å². The summed E-state index contributed by atoms with van der Waals surface area (Å²) in [6.07, 6.45) is 7.30. The third kappa shape index (κ3) is 5.93. The fourth-order valence-electron chi connectivity index (χ4n) is 2.85. The number of unbranched alkanes of at least 4 members (excludes halogenated alkanes) is 3. The third-order valence-electron chi connectivity index (χ3n) is 4.25.